The van der Waals surface area contributed by atoms with E-state index in [1.807, 2.05) is 0 Å². The van der Waals surface area contributed by atoms with Crippen molar-refractivity contribution in [3.05, 3.63) is 5.32 Å². The molecule has 0 aromatic heterocycles. The van der Waals surface area contributed by atoms with Crippen molar-refractivity contribution in [2.24, 2.45) is 4.99 Å². The molecular formula is C8H14F3N2Y-. The predicted octanol–water partition coefficient (Wildman–Crippen LogP) is 3.14. The number of hydrogen-bond acceptors (Lipinski definition) is 1. The number of hydrogen-bond donors (Lipinski definition) is 0. The SMILES string of the molecule is CCC(=NC(C)C)[N-]CC(F)(F)F.[Y]. The first-order chi connectivity index (χ1) is 5.85. The molecule has 1 radical (unpaired) electrons. The van der Waals surface area contributed by atoms with Crippen LogP contribution in [0.4, 0.5) is 13.2 Å². The molecule has 0 unspecified atom stereocenters. The number of halogens is 3. The Hall–Kier alpha value is 0.364. The zero-order valence-corrected chi connectivity index (χ0v) is 11.4. The topological polar surface area (TPSA) is 26.5 Å². The zero-order valence-electron chi connectivity index (χ0n) is 8.60. The number of rotatable bonds is 3. The fourth-order valence-corrected chi connectivity index (χ4v) is 0.723. The largest absolute Gasteiger partial charge is 0.466 e. The fraction of sp³-hybridized carbons (Fsp3) is 0.875. The van der Waals surface area contributed by atoms with Gasteiger partial charge in [-0.05, 0) is 12.5 Å². The van der Waals surface area contributed by atoms with Crippen LogP contribution in [0.25, 0.3) is 5.32 Å². The van der Waals surface area contributed by atoms with Crippen molar-refractivity contribution in [2.45, 2.75) is 39.4 Å². The number of nitrogens with zero attached hydrogens (tertiary/aromatic N) is 2. The second-order valence-corrected chi connectivity index (χ2v) is 2.92. The number of aliphatic imine (C=N–C) groups is 1. The summed E-state index contributed by atoms with van der Waals surface area (Å²) in [6.45, 7) is 4.21. The molecule has 0 amide bonds. The molecule has 0 bridgehead atoms. The Kier molecular flexibility index (Phi) is 9.14. The van der Waals surface area contributed by atoms with Crippen molar-refractivity contribution in [1.29, 1.82) is 0 Å². The second-order valence-electron chi connectivity index (χ2n) is 2.92. The average Bonchev–Trinajstić information content (AvgIpc) is 1.95. The molecule has 0 saturated heterocycles. The summed E-state index contributed by atoms with van der Waals surface area (Å²) in [7, 11) is 0. The smallest absolute Gasteiger partial charge is 0.388 e. The van der Waals surface area contributed by atoms with Gasteiger partial charge in [0.1, 0.15) is 0 Å². The van der Waals surface area contributed by atoms with E-state index < -0.39 is 12.7 Å². The van der Waals surface area contributed by atoms with E-state index in [1.54, 1.807) is 20.8 Å². The second kappa shape index (κ2) is 7.63. The van der Waals surface area contributed by atoms with E-state index in [-0.39, 0.29) is 44.6 Å². The molecule has 0 aliphatic rings. The van der Waals surface area contributed by atoms with Crippen LogP contribution in [-0.2, 0) is 32.7 Å². The Morgan fingerprint density at radius 1 is 1.36 bits per heavy atom. The maximum Gasteiger partial charge on any atom is 0.388 e. The number of alkyl halides is 3. The molecule has 0 saturated carbocycles. The van der Waals surface area contributed by atoms with Crippen LogP contribution >= 0.6 is 0 Å². The Morgan fingerprint density at radius 2 is 1.86 bits per heavy atom. The summed E-state index contributed by atoms with van der Waals surface area (Å²) >= 11 is 0. The third-order valence-electron chi connectivity index (χ3n) is 1.16. The van der Waals surface area contributed by atoms with Gasteiger partial charge in [-0.3, -0.25) is 0 Å². The fourth-order valence-electron chi connectivity index (χ4n) is 0.723. The molecule has 6 heteroatoms. The van der Waals surface area contributed by atoms with Crippen LogP contribution < -0.4 is 0 Å². The van der Waals surface area contributed by atoms with Gasteiger partial charge < -0.3 is 10.3 Å². The minimum atomic E-state index is -4.23. The molecule has 2 nitrogen and oxygen atoms in total. The first-order valence-corrected chi connectivity index (χ1v) is 4.16. The van der Waals surface area contributed by atoms with Crippen LogP contribution in [0.15, 0.2) is 4.99 Å². The molecule has 0 spiro atoms. The van der Waals surface area contributed by atoms with E-state index in [9.17, 15) is 13.2 Å². The Morgan fingerprint density at radius 3 is 2.14 bits per heavy atom. The summed E-state index contributed by atoms with van der Waals surface area (Å²) in [4.78, 5) is 3.95. The normalized spacial score (nSPS) is 12.6. The van der Waals surface area contributed by atoms with E-state index >= 15 is 0 Å². The molecule has 0 aromatic rings. The summed E-state index contributed by atoms with van der Waals surface area (Å²) < 4.78 is 35.2. The van der Waals surface area contributed by atoms with Gasteiger partial charge in [-0.25, -0.2) is 0 Å². The van der Waals surface area contributed by atoms with Gasteiger partial charge >= 0.3 is 6.18 Å². The molecule has 0 fully saturated rings. The van der Waals surface area contributed by atoms with E-state index in [4.69, 9.17) is 0 Å². The van der Waals surface area contributed by atoms with Crippen molar-refractivity contribution < 1.29 is 45.9 Å². The number of amidine groups is 1. The third-order valence-corrected chi connectivity index (χ3v) is 1.16. The Balaban J connectivity index is 0. The van der Waals surface area contributed by atoms with Crippen LogP contribution in [0.1, 0.15) is 27.2 Å². The molecule has 0 aliphatic carbocycles. The van der Waals surface area contributed by atoms with E-state index in [0.717, 1.165) is 0 Å². The van der Waals surface area contributed by atoms with Crippen molar-refractivity contribution in [3.8, 4) is 0 Å². The minimum Gasteiger partial charge on any atom is -0.466 e. The average molecular weight is 284 g/mol. The molecular weight excluding hydrogens is 270 g/mol. The summed E-state index contributed by atoms with van der Waals surface area (Å²) in [6.07, 6.45) is -3.79. The maximum absolute atomic E-state index is 11.7. The van der Waals surface area contributed by atoms with Gasteiger partial charge in [-0.15, -0.1) is 0 Å². The molecule has 81 valence electrons. The van der Waals surface area contributed by atoms with Gasteiger partial charge in [0.2, 0.25) is 0 Å². The van der Waals surface area contributed by atoms with Gasteiger partial charge in [0.15, 0.2) is 0 Å². The van der Waals surface area contributed by atoms with E-state index in [1.165, 1.54) is 0 Å². The molecule has 0 heterocycles. The van der Waals surface area contributed by atoms with Crippen LogP contribution in [-0.4, -0.2) is 24.6 Å². The van der Waals surface area contributed by atoms with Gasteiger partial charge in [0, 0.05) is 39.3 Å². The van der Waals surface area contributed by atoms with Crippen LogP contribution in [0.2, 0.25) is 0 Å². The predicted molar refractivity (Wildman–Crippen MR) is 47.1 cm³/mol. The van der Waals surface area contributed by atoms with Gasteiger partial charge in [-0.1, -0.05) is 26.6 Å². The van der Waals surface area contributed by atoms with Crippen molar-refractivity contribution in [2.75, 3.05) is 6.54 Å². The maximum atomic E-state index is 11.7. The standard InChI is InChI=1S/C8H14F3N2.Y/c1-4-7(13-6(2)3)12-5-8(9,10)11;/h6H,4-5H2,1-3H3;/q-1;. The van der Waals surface area contributed by atoms with Crippen molar-refractivity contribution in [3.63, 3.8) is 0 Å². The molecule has 0 atom stereocenters. The van der Waals surface area contributed by atoms with Crippen LogP contribution in [0, 0.1) is 0 Å². The third kappa shape index (κ3) is 10.4. The van der Waals surface area contributed by atoms with Crippen LogP contribution in [0.3, 0.4) is 0 Å². The molecule has 0 N–H and O–H groups in total. The van der Waals surface area contributed by atoms with E-state index in [0.29, 0.717) is 6.42 Å². The summed E-state index contributed by atoms with van der Waals surface area (Å²) in [5.74, 6) is 0.285. The van der Waals surface area contributed by atoms with E-state index in [2.05, 4.69) is 10.3 Å². The zero-order chi connectivity index (χ0) is 10.5. The first kappa shape index (κ1) is 16.8. The van der Waals surface area contributed by atoms with Crippen LogP contribution in [0.5, 0.6) is 0 Å². The Bertz CT molecular complexity index is 178. The quantitative estimate of drug-likeness (QED) is 0.562. The van der Waals surface area contributed by atoms with Gasteiger partial charge in [0.25, 0.3) is 0 Å². The Labute approximate surface area is 108 Å². The van der Waals surface area contributed by atoms with Gasteiger partial charge in [0.05, 0.1) is 0 Å². The van der Waals surface area contributed by atoms with Gasteiger partial charge in [-0.2, -0.15) is 13.2 Å². The monoisotopic (exact) mass is 284 g/mol. The summed E-state index contributed by atoms with van der Waals surface area (Å²) in [5.41, 5.74) is 0. The molecule has 14 heavy (non-hydrogen) atoms. The summed E-state index contributed by atoms with van der Waals surface area (Å²) in [6, 6.07) is -0.00747. The molecule has 0 aromatic carbocycles. The molecule has 0 rings (SSSR count). The first-order valence-electron chi connectivity index (χ1n) is 4.16. The summed E-state index contributed by atoms with van der Waals surface area (Å²) in [5, 5.41) is 3.38. The molecule has 0 aliphatic heterocycles. The van der Waals surface area contributed by atoms with Crippen molar-refractivity contribution >= 4 is 5.84 Å². The van der Waals surface area contributed by atoms with Crippen molar-refractivity contribution in [1.82, 2.24) is 0 Å². The minimum absolute atomic E-state index is 0.